The van der Waals surface area contributed by atoms with E-state index >= 15 is 0 Å². The fourth-order valence-corrected chi connectivity index (χ4v) is 1.67. The van der Waals surface area contributed by atoms with Gasteiger partial charge in [0.15, 0.2) is 0 Å². The SMILES string of the molecule is CCC(C)(C)c1ccc(C(O)CNC)cc1. The zero-order valence-corrected chi connectivity index (χ0v) is 10.7. The van der Waals surface area contributed by atoms with Crippen LogP contribution in [0.4, 0.5) is 0 Å². The predicted molar refractivity (Wildman–Crippen MR) is 68.6 cm³/mol. The summed E-state index contributed by atoms with van der Waals surface area (Å²) < 4.78 is 0. The molecule has 0 spiro atoms. The monoisotopic (exact) mass is 221 g/mol. The maximum atomic E-state index is 9.81. The normalized spacial score (nSPS) is 13.8. The molecule has 1 aromatic carbocycles. The lowest BCUT2D eigenvalue weighted by Crippen LogP contribution is -2.18. The van der Waals surface area contributed by atoms with Gasteiger partial charge in [-0.1, -0.05) is 45.0 Å². The highest BCUT2D eigenvalue weighted by Crippen LogP contribution is 2.27. The molecule has 0 radical (unpaired) electrons. The van der Waals surface area contributed by atoms with Crippen LogP contribution in [0.2, 0.25) is 0 Å². The van der Waals surface area contributed by atoms with E-state index in [4.69, 9.17) is 0 Å². The minimum atomic E-state index is -0.413. The Morgan fingerprint density at radius 2 is 1.81 bits per heavy atom. The van der Waals surface area contributed by atoms with Gasteiger partial charge in [-0.05, 0) is 30.0 Å². The standard InChI is InChI=1S/C14H23NO/c1-5-14(2,3)12-8-6-11(7-9-12)13(16)10-15-4/h6-9,13,15-16H,5,10H2,1-4H3. The third-order valence-electron chi connectivity index (χ3n) is 3.36. The summed E-state index contributed by atoms with van der Waals surface area (Å²) in [6.07, 6.45) is 0.703. The van der Waals surface area contributed by atoms with E-state index in [0.717, 1.165) is 12.0 Å². The summed E-state index contributed by atoms with van der Waals surface area (Å²) in [7, 11) is 1.85. The van der Waals surface area contributed by atoms with E-state index in [-0.39, 0.29) is 5.41 Å². The van der Waals surface area contributed by atoms with Gasteiger partial charge in [-0.3, -0.25) is 0 Å². The van der Waals surface area contributed by atoms with Crippen LogP contribution >= 0.6 is 0 Å². The van der Waals surface area contributed by atoms with E-state index in [2.05, 4.69) is 38.2 Å². The van der Waals surface area contributed by atoms with Gasteiger partial charge in [-0.25, -0.2) is 0 Å². The van der Waals surface area contributed by atoms with Crippen LogP contribution in [0.3, 0.4) is 0 Å². The molecular weight excluding hydrogens is 198 g/mol. The highest BCUT2D eigenvalue weighted by Gasteiger charge is 2.18. The fourth-order valence-electron chi connectivity index (χ4n) is 1.67. The largest absolute Gasteiger partial charge is 0.387 e. The Bertz CT molecular complexity index is 316. The number of rotatable bonds is 5. The van der Waals surface area contributed by atoms with Crippen LogP contribution in [0.1, 0.15) is 44.4 Å². The predicted octanol–water partition coefficient (Wildman–Crippen LogP) is 2.63. The molecule has 1 aromatic rings. The summed E-state index contributed by atoms with van der Waals surface area (Å²) in [5.41, 5.74) is 2.52. The Hall–Kier alpha value is -0.860. The zero-order chi connectivity index (χ0) is 12.2. The van der Waals surface area contributed by atoms with Gasteiger partial charge in [0, 0.05) is 6.54 Å². The maximum absolute atomic E-state index is 9.81. The van der Waals surface area contributed by atoms with Crippen molar-refractivity contribution in [1.29, 1.82) is 0 Å². The molecule has 2 heteroatoms. The van der Waals surface area contributed by atoms with Crippen molar-refractivity contribution in [2.24, 2.45) is 0 Å². The Morgan fingerprint density at radius 1 is 1.25 bits per heavy atom. The highest BCUT2D eigenvalue weighted by molar-refractivity contribution is 5.29. The van der Waals surface area contributed by atoms with Crippen LogP contribution < -0.4 is 5.32 Å². The summed E-state index contributed by atoms with van der Waals surface area (Å²) in [5.74, 6) is 0. The second-order valence-electron chi connectivity index (χ2n) is 4.93. The van der Waals surface area contributed by atoms with Crippen LogP contribution in [-0.4, -0.2) is 18.7 Å². The molecule has 0 heterocycles. The molecule has 1 unspecified atom stereocenters. The van der Waals surface area contributed by atoms with Gasteiger partial charge in [0.2, 0.25) is 0 Å². The first kappa shape index (κ1) is 13.2. The van der Waals surface area contributed by atoms with Gasteiger partial charge >= 0.3 is 0 Å². The summed E-state index contributed by atoms with van der Waals surface area (Å²) in [6, 6.07) is 8.29. The quantitative estimate of drug-likeness (QED) is 0.801. The van der Waals surface area contributed by atoms with Crippen molar-refractivity contribution in [1.82, 2.24) is 5.32 Å². The fraction of sp³-hybridized carbons (Fsp3) is 0.571. The van der Waals surface area contributed by atoms with Gasteiger partial charge in [0.05, 0.1) is 6.10 Å². The summed E-state index contributed by atoms with van der Waals surface area (Å²) >= 11 is 0. The van der Waals surface area contributed by atoms with Crippen LogP contribution in [0.15, 0.2) is 24.3 Å². The summed E-state index contributed by atoms with van der Waals surface area (Å²) in [5, 5.41) is 12.8. The van der Waals surface area contributed by atoms with Gasteiger partial charge in [-0.15, -0.1) is 0 Å². The lowest BCUT2D eigenvalue weighted by atomic mass is 9.82. The second kappa shape index (κ2) is 5.46. The lowest BCUT2D eigenvalue weighted by molar-refractivity contribution is 0.177. The molecule has 1 atom stereocenters. The number of aliphatic hydroxyl groups excluding tert-OH is 1. The maximum Gasteiger partial charge on any atom is 0.0914 e. The Morgan fingerprint density at radius 3 is 2.25 bits per heavy atom. The Labute approximate surface area is 98.7 Å². The molecule has 0 bridgehead atoms. The van der Waals surface area contributed by atoms with Gasteiger partial charge in [0.25, 0.3) is 0 Å². The van der Waals surface area contributed by atoms with Gasteiger partial charge < -0.3 is 10.4 Å². The number of hydrogen-bond acceptors (Lipinski definition) is 2. The number of aliphatic hydroxyl groups is 1. The topological polar surface area (TPSA) is 32.3 Å². The van der Waals surface area contributed by atoms with E-state index in [9.17, 15) is 5.11 Å². The molecular formula is C14H23NO. The number of likely N-dealkylation sites (N-methyl/N-ethyl adjacent to an activating group) is 1. The van der Waals surface area contributed by atoms with Crippen molar-refractivity contribution in [3.8, 4) is 0 Å². The Balaban J connectivity index is 2.83. The molecule has 2 nitrogen and oxygen atoms in total. The molecule has 16 heavy (non-hydrogen) atoms. The van der Waals surface area contributed by atoms with E-state index in [1.165, 1.54) is 5.56 Å². The van der Waals surface area contributed by atoms with Crippen molar-refractivity contribution in [2.45, 2.75) is 38.7 Å². The van der Waals surface area contributed by atoms with E-state index in [1.54, 1.807) is 0 Å². The second-order valence-corrected chi connectivity index (χ2v) is 4.93. The van der Waals surface area contributed by atoms with Crippen LogP contribution in [-0.2, 0) is 5.41 Å². The van der Waals surface area contributed by atoms with E-state index in [0.29, 0.717) is 6.54 Å². The smallest absolute Gasteiger partial charge is 0.0914 e. The lowest BCUT2D eigenvalue weighted by Gasteiger charge is -2.23. The zero-order valence-electron chi connectivity index (χ0n) is 10.7. The molecule has 2 N–H and O–H groups in total. The van der Waals surface area contributed by atoms with E-state index < -0.39 is 6.10 Å². The molecule has 0 aliphatic carbocycles. The molecule has 0 amide bonds. The first-order chi connectivity index (χ1) is 7.51. The molecule has 0 saturated carbocycles. The average Bonchev–Trinajstić information content (AvgIpc) is 2.29. The molecule has 1 rings (SSSR count). The molecule has 0 aromatic heterocycles. The van der Waals surface area contributed by atoms with Crippen LogP contribution in [0.25, 0.3) is 0 Å². The highest BCUT2D eigenvalue weighted by atomic mass is 16.3. The van der Waals surface area contributed by atoms with Crippen molar-refractivity contribution in [2.75, 3.05) is 13.6 Å². The third kappa shape index (κ3) is 3.06. The molecule has 0 aliphatic heterocycles. The van der Waals surface area contributed by atoms with Crippen LogP contribution in [0.5, 0.6) is 0 Å². The third-order valence-corrected chi connectivity index (χ3v) is 3.36. The number of hydrogen-bond donors (Lipinski definition) is 2. The van der Waals surface area contributed by atoms with Gasteiger partial charge in [-0.2, -0.15) is 0 Å². The van der Waals surface area contributed by atoms with Crippen LogP contribution in [0, 0.1) is 0 Å². The summed E-state index contributed by atoms with van der Waals surface area (Å²) in [4.78, 5) is 0. The summed E-state index contributed by atoms with van der Waals surface area (Å²) in [6.45, 7) is 7.28. The van der Waals surface area contributed by atoms with Crippen molar-refractivity contribution >= 4 is 0 Å². The number of nitrogens with one attached hydrogen (secondary N) is 1. The first-order valence-electron chi connectivity index (χ1n) is 5.94. The molecule has 0 saturated heterocycles. The minimum absolute atomic E-state index is 0.215. The average molecular weight is 221 g/mol. The molecule has 90 valence electrons. The first-order valence-corrected chi connectivity index (χ1v) is 5.94. The number of benzene rings is 1. The molecule has 0 aliphatic rings. The van der Waals surface area contributed by atoms with E-state index in [1.807, 2.05) is 19.2 Å². The van der Waals surface area contributed by atoms with Gasteiger partial charge in [0.1, 0.15) is 0 Å². The van der Waals surface area contributed by atoms with Crippen molar-refractivity contribution < 1.29 is 5.11 Å². The minimum Gasteiger partial charge on any atom is -0.387 e. The van der Waals surface area contributed by atoms with Crippen molar-refractivity contribution in [3.05, 3.63) is 35.4 Å². The molecule has 0 fully saturated rings. The Kier molecular flexibility index (Phi) is 4.51. The van der Waals surface area contributed by atoms with Crippen molar-refractivity contribution in [3.63, 3.8) is 0 Å².